The van der Waals surface area contributed by atoms with Crippen LogP contribution in [0.1, 0.15) is 5.69 Å². The molecule has 0 aliphatic rings. The minimum absolute atomic E-state index is 0.295. The summed E-state index contributed by atoms with van der Waals surface area (Å²) < 4.78 is 20.3. The Morgan fingerprint density at radius 2 is 2.17 bits per heavy atom. The van der Waals surface area contributed by atoms with Crippen molar-refractivity contribution in [2.45, 2.75) is 6.92 Å². The van der Waals surface area contributed by atoms with Crippen LogP contribution in [0.2, 0.25) is 0 Å². The Balaban J connectivity index is 2.39. The summed E-state index contributed by atoms with van der Waals surface area (Å²) in [6, 6.07) is 4.45. The Morgan fingerprint density at radius 3 is 2.72 bits per heavy atom. The molecule has 5 nitrogen and oxygen atoms in total. The molecule has 6 heteroatoms. The molecular formula is C12H15FN4O. The zero-order chi connectivity index (χ0) is 13.3. The van der Waals surface area contributed by atoms with Crippen LogP contribution in [0.25, 0.3) is 0 Å². The van der Waals surface area contributed by atoms with Crippen molar-refractivity contribution in [1.82, 2.24) is 9.78 Å². The molecule has 1 heterocycles. The van der Waals surface area contributed by atoms with Crippen LogP contribution < -0.4 is 15.8 Å². The van der Waals surface area contributed by atoms with Gasteiger partial charge in [-0.15, -0.1) is 0 Å². The van der Waals surface area contributed by atoms with Crippen LogP contribution in [0.4, 0.5) is 21.6 Å². The number of aryl methyl sites for hydroxylation is 2. The summed E-state index contributed by atoms with van der Waals surface area (Å²) in [4.78, 5) is 0. The number of nitrogen functional groups attached to an aromatic ring is 1. The fourth-order valence-corrected chi connectivity index (χ4v) is 1.68. The average molecular weight is 250 g/mol. The van der Waals surface area contributed by atoms with Crippen LogP contribution in [0.3, 0.4) is 0 Å². The van der Waals surface area contributed by atoms with Crippen LogP contribution in [-0.4, -0.2) is 16.9 Å². The Kier molecular flexibility index (Phi) is 3.10. The summed E-state index contributed by atoms with van der Waals surface area (Å²) in [5, 5.41) is 7.08. The van der Waals surface area contributed by atoms with E-state index in [4.69, 9.17) is 10.5 Å². The van der Waals surface area contributed by atoms with Crippen LogP contribution in [-0.2, 0) is 7.05 Å². The van der Waals surface area contributed by atoms with Crippen LogP contribution >= 0.6 is 0 Å². The van der Waals surface area contributed by atoms with Crippen molar-refractivity contribution < 1.29 is 9.13 Å². The predicted octanol–water partition coefficient (Wildman–Crippen LogP) is 2.20. The number of anilines is 3. The van der Waals surface area contributed by atoms with Gasteiger partial charge in [0.1, 0.15) is 11.6 Å². The predicted molar refractivity (Wildman–Crippen MR) is 68.6 cm³/mol. The fraction of sp³-hybridized carbons (Fsp3) is 0.250. The molecule has 0 atom stereocenters. The molecule has 1 aromatic carbocycles. The Hall–Kier alpha value is -2.24. The third-order valence-electron chi connectivity index (χ3n) is 2.70. The molecular weight excluding hydrogens is 235 g/mol. The van der Waals surface area contributed by atoms with Gasteiger partial charge in [0, 0.05) is 13.1 Å². The van der Waals surface area contributed by atoms with Crippen molar-refractivity contribution in [3.05, 3.63) is 29.7 Å². The standard InChI is InChI=1S/C12H15FN4O/c1-7-11(14)12(17(2)16-7)15-10-6-8(18-3)4-5-9(10)13/h4-6,15H,14H2,1-3H3. The lowest BCUT2D eigenvalue weighted by Gasteiger charge is -2.10. The maximum Gasteiger partial charge on any atom is 0.152 e. The fourth-order valence-electron chi connectivity index (χ4n) is 1.68. The molecule has 1 aromatic heterocycles. The summed E-state index contributed by atoms with van der Waals surface area (Å²) >= 11 is 0. The number of benzene rings is 1. The first-order chi connectivity index (χ1) is 8.52. The van der Waals surface area contributed by atoms with E-state index in [-0.39, 0.29) is 5.82 Å². The number of hydrogen-bond acceptors (Lipinski definition) is 4. The number of hydrogen-bond donors (Lipinski definition) is 2. The van der Waals surface area contributed by atoms with E-state index in [1.165, 1.54) is 13.2 Å². The van der Waals surface area contributed by atoms with Gasteiger partial charge in [-0.25, -0.2) is 4.39 Å². The summed E-state index contributed by atoms with van der Waals surface area (Å²) in [6.45, 7) is 1.79. The number of ether oxygens (including phenoxy) is 1. The topological polar surface area (TPSA) is 65.1 Å². The number of methoxy groups -OCH3 is 1. The molecule has 2 aromatic rings. The van der Waals surface area contributed by atoms with E-state index in [0.717, 1.165) is 0 Å². The van der Waals surface area contributed by atoms with Gasteiger partial charge in [0.05, 0.1) is 24.2 Å². The second-order valence-electron chi connectivity index (χ2n) is 3.94. The van der Waals surface area contributed by atoms with E-state index in [0.29, 0.717) is 28.6 Å². The first kappa shape index (κ1) is 12.2. The minimum Gasteiger partial charge on any atom is -0.497 e. The first-order valence-corrected chi connectivity index (χ1v) is 5.42. The van der Waals surface area contributed by atoms with Gasteiger partial charge >= 0.3 is 0 Å². The monoisotopic (exact) mass is 250 g/mol. The maximum atomic E-state index is 13.7. The Bertz CT molecular complexity index is 580. The van der Waals surface area contributed by atoms with Crippen molar-refractivity contribution in [3.63, 3.8) is 0 Å². The quantitative estimate of drug-likeness (QED) is 0.876. The first-order valence-electron chi connectivity index (χ1n) is 5.42. The van der Waals surface area contributed by atoms with Gasteiger partial charge in [0.25, 0.3) is 0 Å². The minimum atomic E-state index is -0.381. The maximum absolute atomic E-state index is 13.7. The van der Waals surface area contributed by atoms with Gasteiger partial charge in [-0.2, -0.15) is 5.10 Å². The highest BCUT2D eigenvalue weighted by Gasteiger charge is 2.12. The third kappa shape index (κ3) is 2.09. The Labute approximate surface area is 104 Å². The van der Waals surface area contributed by atoms with Crippen LogP contribution in [0.15, 0.2) is 18.2 Å². The summed E-state index contributed by atoms with van der Waals surface area (Å²) in [5.41, 5.74) is 7.37. The van der Waals surface area contributed by atoms with E-state index < -0.39 is 0 Å². The molecule has 18 heavy (non-hydrogen) atoms. The molecule has 2 rings (SSSR count). The van der Waals surface area contributed by atoms with E-state index in [1.807, 2.05) is 0 Å². The lowest BCUT2D eigenvalue weighted by molar-refractivity contribution is 0.414. The lowest BCUT2D eigenvalue weighted by atomic mass is 10.2. The van der Waals surface area contributed by atoms with Crippen molar-refractivity contribution in [1.29, 1.82) is 0 Å². The SMILES string of the molecule is COc1ccc(F)c(Nc2c(N)c(C)nn2C)c1. The third-order valence-corrected chi connectivity index (χ3v) is 2.70. The number of rotatable bonds is 3. The van der Waals surface area contributed by atoms with E-state index in [1.54, 1.807) is 30.8 Å². The number of nitrogens with one attached hydrogen (secondary N) is 1. The molecule has 0 aliphatic carbocycles. The highest BCUT2D eigenvalue weighted by atomic mass is 19.1. The molecule has 0 saturated heterocycles. The molecule has 0 radical (unpaired) electrons. The zero-order valence-electron chi connectivity index (χ0n) is 10.5. The van der Waals surface area contributed by atoms with Crippen LogP contribution in [0.5, 0.6) is 5.75 Å². The molecule has 0 aliphatic heterocycles. The van der Waals surface area contributed by atoms with Crippen molar-refractivity contribution in [2.75, 3.05) is 18.2 Å². The van der Waals surface area contributed by atoms with E-state index in [2.05, 4.69) is 10.4 Å². The molecule has 0 spiro atoms. The lowest BCUT2D eigenvalue weighted by Crippen LogP contribution is -2.03. The zero-order valence-corrected chi connectivity index (χ0v) is 10.5. The number of halogens is 1. The van der Waals surface area contributed by atoms with Crippen molar-refractivity contribution in [3.8, 4) is 5.75 Å². The molecule has 3 N–H and O–H groups in total. The average Bonchev–Trinajstić information content (AvgIpc) is 2.58. The van der Waals surface area contributed by atoms with Gasteiger partial charge < -0.3 is 15.8 Å². The molecule has 0 amide bonds. The smallest absolute Gasteiger partial charge is 0.152 e. The molecule has 0 saturated carbocycles. The van der Waals surface area contributed by atoms with Crippen LogP contribution in [0, 0.1) is 12.7 Å². The van der Waals surface area contributed by atoms with E-state index in [9.17, 15) is 4.39 Å². The molecule has 96 valence electrons. The van der Waals surface area contributed by atoms with Crippen molar-refractivity contribution >= 4 is 17.2 Å². The highest BCUT2D eigenvalue weighted by Crippen LogP contribution is 2.28. The van der Waals surface area contributed by atoms with Gasteiger partial charge in [-0.3, -0.25) is 4.68 Å². The molecule has 0 fully saturated rings. The summed E-state index contributed by atoms with van der Waals surface area (Å²) in [7, 11) is 3.27. The highest BCUT2D eigenvalue weighted by molar-refractivity contribution is 5.71. The van der Waals surface area contributed by atoms with Gasteiger partial charge in [-0.05, 0) is 19.1 Å². The Morgan fingerprint density at radius 1 is 1.44 bits per heavy atom. The number of aromatic nitrogens is 2. The summed E-state index contributed by atoms with van der Waals surface area (Å²) in [6.07, 6.45) is 0. The van der Waals surface area contributed by atoms with Crippen molar-refractivity contribution in [2.24, 2.45) is 7.05 Å². The summed E-state index contributed by atoms with van der Waals surface area (Å²) in [5.74, 6) is 0.741. The number of nitrogens with two attached hydrogens (primary N) is 1. The molecule has 0 bridgehead atoms. The van der Waals surface area contributed by atoms with Gasteiger partial charge in [-0.1, -0.05) is 0 Å². The van der Waals surface area contributed by atoms with Gasteiger partial charge in [0.15, 0.2) is 5.82 Å². The normalized spacial score (nSPS) is 10.4. The van der Waals surface area contributed by atoms with E-state index >= 15 is 0 Å². The second-order valence-corrected chi connectivity index (χ2v) is 3.94. The second kappa shape index (κ2) is 4.56. The van der Waals surface area contributed by atoms with Gasteiger partial charge in [0.2, 0.25) is 0 Å². The molecule has 0 unspecified atom stereocenters. The largest absolute Gasteiger partial charge is 0.497 e. The number of nitrogens with zero attached hydrogens (tertiary/aromatic N) is 2.